The van der Waals surface area contributed by atoms with Crippen LogP contribution in [0.5, 0.6) is 5.75 Å². The van der Waals surface area contributed by atoms with Crippen molar-refractivity contribution in [2.45, 2.75) is 13.0 Å². The standard InChI is InChI=1S/C16H15BrN2O2/c1-2-21-12-6-4-11(5-7-12)18-15-13-8-3-10(17)9-14(13)19-16(15)20/h3-9,15,18H,2H2,1H3,(H,19,20). The Kier molecular flexibility index (Phi) is 3.84. The molecule has 0 aromatic heterocycles. The topological polar surface area (TPSA) is 50.4 Å². The van der Waals surface area contributed by atoms with Crippen LogP contribution in [0.4, 0.5) is 11.4 Å². The van der Waals surface area contributed by atoms with Gasteiger partial charge in [-0.1, -0.05) is 22.0 Å². The molecule has 1 aliphatic heterocycles. The van der Waals surface area contributed by atoms with E-state index in [1.54, 1.807) is 0 Å². The largest absolute Gasteiger partial charge is 0.494 e. The molecule has 0 spiro atoms. The van der Waals surface area contributed by atoms with E-state index in [-0.39, 0.29) is 11.9 Å². The summed E-state index contributed by atoms with van der Waals surface area (Å²) in [6.07, 6.45) is 0. The first kappa shape index (κ1) is 13.9. The van der Waals surface area contributed by atoms with Crippen molar-refractivity contribution in [1.82, 2.24) is 0 Å². The molecule has 0 radical (unpaired) electrons. The van der Waals surface area contributed by atoms with Crippen LogP contribution in [0.15, 0.2) is 46.9 Å². The van der Waals surface area contributed by atoms with Crippen LogP contribution in [0.1, 0.15) is 18.5 Å². The third-order valence-corrected chi connectivity index (χ3v) is 3.82. The molecule has 0 fully saturated rings. The van der Waals surface area contributed by atoms with E-state index >= 15 is 0 Å². The number of hydrogen-bond donors (Lipinski definition) is 2. The number of nitrogens with one attached hydrogen (secondary N) is 2. The zero-order valence-electron chi connectivity index (χ0n) is 11.5. The molecular weight excluding hydrogens is 332 g/mol. The summed E-state index contributed by atoms with van der Waals surface area (Å²) in [5, 5.41) is 6.14. The normalized spacial score (nSPS) is 16.3. The van der Waals surface area contributed by atoms with Crippen LogP contribution in [0.2, 0.25) is 0 Å². The van der Waals surface area contributed by atoms with Gasteiger partial charge < -0.3 is 15.4 Å². The van der Waals surface area contributed by atoms with E-state index in [1.165, 1.54) is 0 Å². The number of ether oxygens (including phenoxy) is 1. The molecule has 1 atom stereocenters. The number of carbonyl (C=O) groups is 1. The van der Waals surface area contributed by atoms with Crippen molar-refractivity contribution in [3.63, 3.8) is 0 Å². The average Bonchev–Trinajstić information content (AvgIpc) is 2.76. The maximum atomic E-state index is 12.1. The summed E-state index contributed by atoms with van der Waals surface area (Å²) < 4.78 is 6.36. The molecule has 5 heteroatoms. The van der Waals surface area contributed by atoms with Gasteiger partial charge in [-0.2, -0.15) is 0 Å². The van der Waals surface area contributed by atoms with Crippen molar-refractivity contribution in [1.29, 1.82) is 0 Å². The number of halogens is 1. The quantitative estimate of drug-likeness (QED) is 0.880. The first-order chi connectivity index (χ1) is 10.2. The highest BCUT2D eigenvalue weighted by molar-refractivity contribution is 9.10. The number of amides is 1. The first-order valence-electron chi connectivity index (χ1n) is 6.77. The molecule has 3 rings (SSSR count). The van der Waals surface area contributed by atoms with Crippen molar-refractivity contribution in [2.24, 2.45) is 0 Å². The lowest BCUT2D eigenvalue weighted by Crippen LogP contribution is -2.19. The minimum Gasteiger partial charge on any atom is -0.494 e. The van der Waals surface area contributed by atoms with Crippen molar-refractivity contribution in [3.8, 4) is 5.75 Å². The summed E-state index contributed by atoms with van der Waals surface area (Å²) in [4.78, 5) is 12.1. The summed E-state index contributed by atoms with van der Waals surface area (Å²) in [7, 11) is 0. The highest BCUT2D eigenvalue weighted by Crippen LogP contribution is 2.35. The molecule has 0 saturated carbocycles. The summed E-state index contributed by atoms with van der Waals surface area (Å²) >= 11 is 3.41. The lowest BCUT2D eigenvalue weighted by Gasteiger charge is -2.13. The second-order valence-corrected chi connectivity index (χ2v) is 5.67. The Morgan fingerprint density at radius 2 is 2.00 bits per heavy atom. The fraction of sp³-hybridized carbons (Fsp3) is 0.188. The van der Waals surface area contributed by atoms with Gasteiger partial charge in [0.1, 0.15) is 11.8 Å². The van der Waals surface area contributed by atoms with E-state index in [9.17, 15) is 4.79 Å². The Morgan fingerprint density at radius 1 is 1.24 bits per heavy atom. The molecule has 2 N–H and O–H groups in total. The molecule has 2 aromatic carbocycles. The van der Waals surface area contributed by atoms with Gasteiger partial charge in [0.05, 0.1) is 6.61 Å². The number of carbonyl (C=O) groups excluding carboxylic acids is 1. The molecule has 21 heavy (non-hydrogen) atoms. The second kappa shape index (κ2) is 5.77. The molecule has 108 valence electrons. The minimum atomic E-state index is -0.369. The highest BCUT2D eigenvalue weighted by atomic mass is 79.9. The van der Waals surface area contributed by atoms with Crippen LogP contribution in [0, 0.1) is 0 Å². The lowest BCUT2D eigenvalue weighted by molar-refractivity contribution is -0.116. The first-order valence-corrected chi connectivity index (χ1v) is 7.56. The van der Waals surface area contributed by atoms with Gasteiger partial charge in [0.2, 0.25) is 0 Å². The Bertz CT molecular complexity index is 670. The van der Waals surface area contributed by atoms with Gasteiger partial charge >= 0.3 is 0 Å². The average molecular weight is 347 g/mol. The van der Waals surface area contributed by atoms with Gasteiger partial charge in [0.15, 0.2) is 0 Å². The molecule has 0 aliphatic carbocycles. The minimum absolute atomic E-state index is 0.0445. The van der Waals surface area contributed by atoms with E-state index in [4.69, 9.17) is 4.74 Å². The Labute approximate surface area is 131 Å². The van der Waals surface area contributed by atoms with Crippen LogP contribution in [0.3, 0.4) is 0 Å². The van der Waals surface area contributed by atoms with E-state index in [0.717, 1.165) is 27.2 Å². The molecule has 1 aliphatic rings. The molecule has 0 saturated heterocycles. The van der Waals surface area contributed by atoms with Crippen LogP contribution < -0.4 is 15.4 Å². The molecular formula is C16H15BrN2O2. The highest BCUT2D eigenvalue weighted by Gasteiger charge is 2.30. The number of fused-ring (bicyclic) bond motifs is 1. The van der Waals surface area contributed by atoms with Crippen molar-refractivity contribution >= 4 is 33.2 Å². The lowest BCUT2D eigenvalue weighted by atomic mass is 10.1. The van der Waals surface area contributed by atoms with Crippen molar-refractivity contribution in [2.75, 3.05) is 17.2 Å². The van der Waals surface area contributed by atoms with Crippen LogP contribution in [-0.4, -0.2) is 12.5 Å². The van der Waals surface area contributed by atoms with Gasteiger partial charge in [0, 0.05) is 21.4 Å². The van der Waals surface area contributed by atoms with E-state index in [2.05, 4.69) is 26.6 Å². The maximum Gasteiger partial charge on any atom is 0.251 e. The van der Waals surface area contributed by atoms with E-state index in [0.29, 0.717) is 6.61 Å². The fourth-order valence-electron chi connectivity index (χ4n) is 2.36. The molecule has 2 aromatic rings. The number of anilines is 2. The van der Waals surface area contributed by atoms with Gasteiger partial charge in [0.25, 0.3) is 5.91 Å². The predicted molar refractivity (Wildman–Crippen MR) is 86.7 cm³/mol. The third-order valence-electron chi connectivity index (χ3n) is 3.32. The molecule has 4 nitrogen and oxygen atoms in total. The SMILES string of the molecule is CCOc1ccc(NC2C(=O)Nc3cc(Br)ccc32)cc1. The Hall–Kier alpha value is -2.01. The van der Waals surface area contributed by atoms with Crippen LogP contribution in [0.25, 0.3) is 0 Å². The maximum absolute atomic E-state index is 12.1. The third kappa shape index (κ3) is 2.88. The summed E-state index contributed by atoms with van der Waals surface area (Å²) in [5.74, 6) is 0.778. The Balaban J connectivity index is 1.80. The second-order valence-electron chi connectivity index (χ2n) is 4.76. The fourth-order valence-corrected chi connectivity index (χ4v) is 2.72. The monoisotopic (exact) mass is 346 g/mol. The zero-order chi connectivity index (χ0) is 14.8. The smallest absolute Gasteiger partial charge is 0.251 e. The van der Waals surface area contributed by atoms with E-state index < -0.39 is 0 Å². The number of hydrogen-bond acceptors (Lipinski definition) is 3. The van der Waals surface area contributed by atoms with Crippen molar-refractivity contribution in [3.05, 3.63) is 52.5 Å². The van der Waals surface area contributed by atoms with Crippen LogP contribution >= 0.6 is 15.9 Å². The molecule has 1 heterocycles. The van der Waals surface area contributed by atoms with Gasteiger partial charge in [-0.05, 0) is 43.3 Å². The number of rotatable bonds is 4. The summed E-state index contributed by atoms with van der Waals surface area (Å²) in [6, 6.07) is 13.0. The van der Waals surface area contributed by atoms with Crippen LogP contribution in [-0.2, 0) is 4.79 Å². The zero-order valence-corrected chi connectivity index (χ0v) is 13.1. The predicted octanol–water partition coefficient (Wildman–Crippen LogP) is 3.95. The molecule has 1 amide bonds. The van der Waals surface area contributed by atoms with Gasteiger partial charge in [-0.25, -0.2) is 0 Å². The molecule has 1 unspecified atom stereocenters. The van der Waals surface area contributed by atoms with Gasteiger partial charge in [-0.3, -0.25) is 4.79 Å². The molecule has 0 bridgehead atoms. The number of benzene rings is 2. The Morgan fingerprint density at radius 3 is 2.71 bits per heavy atom. The summed E-state index contributed by atoms with van der Waals surface area (Å²) in [6.45, 7) is 2.59. The van der Waals surface area contributed by atoms with E-state index in [1.807, 2.05) is 49.4 Å². The van der Waals surface area contributed by atoms with Crippen molar-refractivity contribution < 1.29 is 9.53 Å². The van der Waals surface area contributed by atoms with Gasteiger partial charge in [-0.15, -0.1) is 0 Å². The summed E-state index contributed by atoms with van der Waals surface area (Å²) in [5.41, 5.74) is 2.68.